The summed E-state index contributed by atoms with van der Waals surface area (Å²) in [6.07, 6.45) is 1.19. The summed E-state index contributed by atoms with van der Waals surface area (Å²) in [5.41, 5.74) is 5.77. The number of ether oxygens (including phenoxy) is 1. The van der Waals surface area contributed by atoms with Crippen molar-refractivity contribution < 1.29 is 14.3 Å². The van der Waals surface area contributed by atoms with Crippen molar-refractivity contribution in [2.75, 3.05) is 39.9 Å². The molecule has 1 unspecified atom stereocenters. The van der Waals surface area contributed by atoms with E-state index in [1.54, 1.807) is 9.80 Å². The second-order valence-corrected chi connectivity index (χ2v) is 4.57. The molecule has 1 rings (SSSR count). The average Bonchev–Trinajstić information content (AvgIpc) is 2.39. The summed E-state index contributed by atoms with van der Waals surface area (Å²) in [6.45, 7) is 4.41. The first-order chi connectivity index (χ1) is 8.58. The quantitative estimate of drug-likeness (QED) is 0.715. The third kappa shape index (κ3) is 4.27. The number of carbonyl (C=O) groups is 2. The molecule has 1 aliphatic heterocycles. The van der Waals surface area contributed by atoms with Crippen LogP contribution in [0.3, 0.4) is 0 Å². The highest BCUT2D eigenvalue weighted by Gasteiger charge is 2.24. The summed E-state index contributed by atoms with van der Waals surface area (Å²) in [7, 11) is 1.50. The van der Waals surface area contributed by atoms with E-state index in [4.69, 9.17) is 10.5 Å². The minimum atomic E-state index is -0.0642. The molecule has 1 aliphatic rings. The van der Waals surface area contributed by atoms with Gasteiger partial charge in [0.2, 0.25) is 11.8 Å². The number of hydrogen-bond acceptors (Lipinski definition) is 4. The van der Waals surface area contributed by atoms with Gasteiger partial charge in [-0.1, -0.05) is 6.92 Å². The average molecular weight is 257 g/mol. The zero-order valence-corrected chi connectivity index (χ0v) is 11.2. The van der Waals surface area contributed by atoms with E-state index in [-0.39, 0.29) is 24.5 Å². The molecule has 0 spiro atoms. The highest BCUT2D eigenvalue weighted by Crippen LogP contribution is 2.06. The second-order valence-electron chi connectivity index (χ2n) is 4.57. The number of carbonyl (C=O) groups excluding carboxylic acids is 2. The topological polar surface area (TPSA) is 75.9 Å². The van der Waals surface area contributed by atoms with Crippen LogP contribution < -0.4 is 5.73 Å². The molecule has 0 aromatic rings. The van der Waals surface area contributed by atoms with E-state index >= 15 is 0 Å². The maximum Gasteiger partial charge on any atom is 0.248 e. The fraction of sp³-hybridized carbons (Fsp3) is 0.833. The molecule has 0 aliphatic carbocycles. The third-order valence-electron chi connectivity index (χ3n) is 3.21. The zero-order chi connectivity index (χ0) is 13.5. The van der Waals surface area contributed by atoms with Gasteiger partial charge < -0.3 is 20.3 Å². The summed E-state index contributed by atoms with van der Waals surface area (Å²) >= 11 is 0. The standard InChI is InChI=1S/C12H23N3O3/c1-3-10(13)8-11(16)14-4-6-15(7-5-14)12(17)9-18-2/h10H,3-9,13H2,1-2H3. The van der Waals surface area contributed by atoms with Gasteiger partial charge >= 0.3 is 0 Å². The van der Waals surface area contributed by atoms with Crippen LogP contribution in [-0.4, -0.2) is 67.6 Å². The zero-order valence-electron chi connectivity index (χ0n) is 11.2. The van der Waals surface area contributed by atoms with Crippen LogP contribution in [-0.2, 0) is 14.3 Å². The Labute approximate surface area is 108 Å². The number of methoxy groups -OCH3 is 1. The lowest BCUT2D eigenvalue weighted by Gasteiger charge is -2.35. The largest absolute Gasteiger partial charge is 0.375 e. The summed E-state index contributed by atoms with van der Waals surface area (Å²) in [5, 5.41) is 0. The first kappa shape index (κ1) is 14.9. The maximum absolute atomic E-state index is 11.9. The number of nitrogens with two attached hydrogens (primary N) is 1. The second kappa shape index (κ2) is 7.33. The molecular weight excluding hydrogens is 234 g/mol. The molecule has 2 amide bonds. The number of amides is 2. The highest BCUT2D eigenvalue weighted by atomic mass is 16.5. The summed E-state index contributed by atoms with van der Waals surface area (Å²) in [4.78, 5) is 27.0. The van der Waals surface area contributed by atoms with Gasteiger partial charge in [0, 0.05) is 45.8 Å². The van der Waals surface area contributed by atoms with Gasteiger partial charge in [-0.15, -0.1) is 0 Å². The SMILES string of the molecule is CCC(N)CC(=O)N1CCN(C(=O)COC)CC1. The van der Waals surface area contributed by atoms with Crippen LogP contribution in [0.2, 0.25) is 0 Å². The molecule has 6 nitrogen and oxygen atoms in total. The molecule has 1 saturated heterocycles. The van der Waals surface area contributed by atoms with Crippen molar-refractivity contribution >= 4 is 11.8 Å². The first-order valence-electron chi connectivity index (χ1n) is 6.38. The van der Waals surface area contributed by atoms with E-state index in [1.807, 2.05) is 6.92 Å². The van der Waals surface area contributed by atoms with Crippen LogP contribution in [0.1, 0.15) is 19.8 Å². The Morgan fingerprint density at radius 1 is 1.17 bits per heavy atom. The van der Waals surface area contributed by atoms with Gasteiger partial charge in [-0.25, -0.2) is 0 Å². The molecule has 0 saturated carbocycles. The molecule has 18 heavy (non-hydrogen) atoms. The van der Waals surface area contributed by atoms with E-state index in [9.17, 15) is 9.59 Å². The van der Waals surface area contributed by atoms with Crippen molar-refractivity contribution in [1.29, 1.82) is 0 Å². The van der Waals surface area contributed by atoms with E-state index in [0.717, 1.165) is 6.42 Å². The maximum atomic E-state index is 11.9. The van der Waals surface area contributed by atoms with Gasteiger partial charge in [0.05, 0.1) is 0 Å². The van der Waals surface area contributed by atoms with Crippen molar-refractivity contribution in [3.05, 3.63) is 0 Å². The fourth-order valence-corrected chi connectivity index (χ4v) is 1.92. The Bertz CT molecular complexity index is 288. The number of nitrogens with zero attached hydrogens (tertiary/aromatic N) is 2. The molecule has 2 N–H and O–H groups in total. The smallest absolute Gasteiger partial charge is 0.248 e. The van der Waals surface area contributed by atoms with Crippen LogP contribution in [0.15, 0.2) is 0 Å². The van der Waals surface area contributed by atoms with Crippen LogP contribution >= 0.6 is 0 Å². The van der Waals surface area contributed by atoms with Gasteiger partial charge in [0.25, 0.3) is 0 Å². The number of piperazine rings is 1. The van der Waals surface area contributed by atoms with E-state index in [2.05, 4.69) is 0 Å². The van der Waals surface area contributed by atoms with Crippen LogP contribution in [0.5, 0.6) is 0 Å². The Kier molecular flexibility index (Phi) is 6.07. The van der Waals surface area contributed by atoms with Crippen LogP contribution in [0.25, 0.3) is 0 Å². The van der Waals surface area contributed by atoms with Crippen molar-refractivity contribution in [3.63, 3.8) is 0 Å². The van der Waals surface area contributed by atoms with Gasteiger partial charge in [0.1, 0.15) is 6.61 Å². The first-order valence-corrected chi connectivity index (χ1v) is 6.38. The molecule has 1 heterocycles. The van der Waals surface area contributed by atoms with Crippen molar-refractivity contribution in [1.82, 2.24) is 9.80 Å². The minimum absolute atomic E-state index is 0.0186. The van der Waals surface area contributed by atoms with Gasteiger partial charge in [0.15, 0.2) is 0 Å². The van der Waals surface area contributed by atoms with Crippen LogP contribution in [0, 0.1) is 0 Å². The highest BCUT2D eigenvalue weighted by molar-refractivity contribution is 5.79. The van der Waals surface area contributed by atoms with Gasteiger partial charge in [-0.2, -0.15) is 0 Å². The number of rotatable bonds is 5. The normalized spacial score (nSPS) is 17.7. The molecule has 0 bridgehead atoms. The lowest BCUT2D eigenvalue weighted by molar-refractivity contribution is -0.142. The summed E-state index contributed by atoms with van der Waals surface area (Å²) < 4.78 is 4.81. The summed E-state index contributed by atoms with van der Waals surface area (Å²) in [6, 6.07) is -0.0642. The lowest BCUT2D eigenvalue weighted by atomic mass is 10.1. The van der Waals surface area contributed by atoms with Crippen molar-refractivity contribution in [3.8, 4) is 0 Å². The molecule has 1 fully saturated rings. The van der Waals surface area contributed by atoms with E-state index in [0.29, 0.717) is 32.6 Å². The third-order valence-corrected chi connectivity index (χ3v) is 3.21. The minimum Gasteiger partial charge on any atom is -0.375 e. The van der Waals surface area contributed by atoms with Gasteiger partial charge in [-0.3, -0.25) is 9.59 Å². The molecule has 104 valence electrons. The Hall–Kier alpha value is -1.14. The molecule has 1 atom stereocenters. The summed E-state index contributed by atoms with van der Waals surface area (Å²) in [5.74, 6) is 0.0676. The van der Waals surface area contributed by atoms with E-state index < -0.39 is 0 Å². The monoisotopic (exact) mass is 257 g/mol. The fourth-order valence-electron chi connectivity index (χ4n) is 1.92. The van der Waals surface area contributed by atoms with Crippen LogP contribution in [0.4, 0.5) is 0 Å². The predicted molar refractivity (Wildman–Crippen MR) is 67.9 cm³/mol. The molecular formula is C12H23N3O3. The van der Waals surface area contributed by atoms with Gasteiger partial charge in [-0.05, 0) is 6.42 Å². The van der Waals surface area contributed by atoms with E-state index in [1.165, 1.54) is 7.11 Å². The molecule has 6 heteroatoms. The number of hydrogen-bond donors (Lipinski definition) is 1. The Balaban J connectivity index is 2.34. The Morgan fingerprint density at radius 3 is 2.11 bits per heavy atom. The molecule has 0 aromatic heterocycles. The molecule has 0 aromatic carbocycles. The molecule has 0 radical (unpaired) electrons. The lowest BCUT2D eigenvalue weighted by Crippen LogP contribution is -2.52. The van der Waals surface area contributed by atoms with Crippen molar-refractivity contribution in [2.24, 2.45) is 5.73 Å². The predicted octanol–water partition coefficient (Wildman–Crippen LogP) is -0.569. The van der Waals surface area contributed by atoms with Crippen molar-refractivity contribution in [2.45, 2.75) is 25.8 Å². The Morgan fingerprint density at radius 2 is 1.67 bits per heavy atom.